The molecule has 1 aliphatic heterocycles. The SMILES string of the molecule is CN1CC(C(=O)O)N(C(=O)OCc2ccccc2)CC1=O. The first kappa shape index (κ1) is 14.8. The van der Waals surface area contributed by atoms with Crippen LogP contribution in [0.15, 0.2) is 30.3 Å². The molecular weight excluding hydrogens is 276 g/mol. The molecule has 1 saturated heterocycles. The number of amides is 2. The van der Waals surface area contributed by atoms with Gasteiger partial charge in [-0.2, -0.15) is 0 Å². The first-order valence-electron chi connectivity index (χ1n) is 6.43. The van der Waals surface area contributed by atoms with Crippen LogP contribution in [0.25, 0.3) is 0 Å². The molecule has 1 fully saturated rings. The molecule has 0 saturated carbocycles. The highest BCUT2D eigenvalue weighted by Gasteiger charge is 2.38. The normalized spacial score (nSPS) is 18.5. The summed E-state index contributed by atoms with van der Waals surface area (Å²) in [6.07, 6.45) is -0.798. The molecule has 1 aromatic rings. The molecular formula is C14H16N2O5. The fourth-order valence-corrected chi connectivity index (χ4v) is 2.04. The number of carbonyl (C=O) groups excluding carboxylic acids is 2. The van der Waals surface area contributed by atoms with Gasteiger partial charge in [0.15, 0.2) is 6.04 Å². The summed E-state index contributed by atoms with van der Waals surface area (Å²) in [5.41, 5.74) is 0.790. The van der Waals surface area contributed by atoms with E-state index in [1.54, 1.807) is 12.1 Å². The number of carboxylic acid groups (broad SMARTS) is 1. The number of ether oxygens (including phenoxy) is 1. The minimum atomic E-state index is -1.16. The summed E-state index contributed by atoms with van der Waals surface area (Å²) in [5, 5.41) is 9.16. The minimum absolute atomic E-state index is 0.0343. The van der Waals surface area contributed by atoms with E-state index >= 15 is 0 Å². The van der Waals surface area contributed by atoms with Gasteiger partial charge in [-0.3, -0.25) is 9.69 Å². The van der Waals surface area contributed by atoms with Gasteiger partial charge in [0.25, 0.3) is 0 Å². The van der Waals surface area contributed by atoms with Crippen molar-refractivity contribution in [2.24, 2.45) is 0 Å². The summed E-state index contributed by atoms with van der Waals surface area (Å²) < 4.78 is 5.08. The molecule has 2 amide bonds. The first-order valence-corrected chi connectivity index (χ1v) is 6.43. The number of carbonyl (C=O) groups is 3. The van der Waals surface area contributed by atoms with Gasteiger partial charge in [-0.05, 0) is 5.56 Å². The van der Waals surface area contributed by atoms with E-state index in [-0.39, 0.29) is 25.6 Å². The molecule has 1 heterocycles. The lowest BCUT2D eigenvalue weighted by Crippen LogP contribution is -2.59. The number of benzene rings is 1. The third kappa shape index (κ3) is 3.50. The van der Waals surface area contributed by atoms with Crippen LogP contribution in [0.4, 0.5) is 4.79 Å². The van der Waals surface area contributed by atoms with E-state index in [9.17, 15) is 14.4 Å². The van der Waals surface area contributed by atoms with E-state index in [1.165, 1.54) is 11.9 Å². The molecule has 0 aromatic heterocycles. The maximum absolute atomic E-state index is 12.0. The van der Waals surface area contributed by atoms with Crippen LogP contribution in [0.3, 0.4) is 0 Å². The van der Waals surface area contributed by atoms with E-state index in [0.717, 1.165) is 10.5 Å². The maximum atomic E-state index is 12.0. The summed E-state index contributed by atoms with van der Waals surface area (Å²) in [6, 6.07) is 7.94. The van der Waals surface area contributed by atoms with Gasteiger partial charge in [0.1, 0.15) is 13.2 Å². The number of carboxylic acids is 1. The highest BCUT2D eigenvalue weighted by molar-refractivity contribution is 5.88. The van der Waals surface area contributed by atoms with Crippen LogP contribution in [-0.2, 0) is 20.9 Å². The van der Waals surface area contributed by atoms with Gasteiger partial charge in [-0.25, -0.2) is 9.59 Å². The van der Waals surface area contributed by atoms with Gasteiger partial charge < -0.3 is 14.7 Å². The zero-order valence-electron chi connectivity index (χ0n) is 11.6. The molecule has 1 aromatic carbocycles. The molecule has 0 aliphatic carbocycles. The third-order valence-corrected chi connectivity index (χ3v) is 3.28. The summed E-state index contributed by atoms with van der Waals surface area (Å²) in [5.74, 6) is -1.48. The van der Waals surface area contributed by atoms with Crippen molar-refractivity contribution in [1.82, 2.24) is 9.80 Å². The van der Waals surface area contributed by atoms with Crippen molar-refractivity contribution in [2.75, 3.05) is 20.1 Å². The second-order valence-electron chi connectivity index (χ2n) is 4.80. The molecule has 0 spiro atoms. The van der Waals surface area contributed by atoms with Gasteiger partial charge in [0.05, 0.1) is 6.54 Å². The standard InChI is InChI=1S/C14H16N2O5/c1-15-7-11(13(18)19)16(8-12(15)17)14(20)21-9-10-5-3-2-4-6-10/h2-6,11H,7-9H2,1H3,(H,18,19). The Bertz CT molecular complexity index is 546. The predicted octanol–water partition coefficient (Wildman–Crippen LogP) is 0.550. The van der Waals surface area contributed by atoms with Crippen LogP contribution in [-0.4, -0.2) is 59.1 Å². The smallest absolute Gasteiger partial charge is 0.411 e. The Morgan fingerprint density at radius 1 is 1.33 bits per heavy atom. The zero-order chi connectivity index (χ0) is 15.4. The second-order valence-corrected chi connectivity index (χ2v) is 4.80. The molecule has 1 atom stereocenters. The van der Waals surface area contributed by atoms with E-state index in [2.05, 4.69) is 0 Å². The van der Waals surface area contributed by atoms with Crippen molar-refractivity contribution in [2.45, 2.75) is 12.6 Å². The van der Waals surface area contributed by atoms with Crippen molar-refractivity contribution in [1.29, 1.82) is 0 Å². The Hall–Kier alpha value is -2.57. The van der Waals surface area contributed by atoms with Crippen LogP contribution in [0, 0.1) is 0 Å². The molecule has 1 aliphatic rings. The summed E-state index contributed by atoms with van der Waals surface area (Å²) >= 11 is 0. The predicted molar refractivity (Wildman–Crippen MR) is 72.4 cm³/mol. The topological polar surface area (TPSA) is 87.2 Å². The van der Waals surface area contributed by atoms with Gasteiger partial charge in [0, 0.05) is 7.05 Å². The minimum Gasteiger partial charge on any atom is -0.480 e. The number of hydrogen-bond acceptors (Lipinski definition) is 4. The quantitative estimate of drug-likeness (QED) is 0.879. The summed E-state index contributed by atoms with van der Waals surface area (Å²) in [4.78, 5) is 37.1. The van der Waals surface area contributed by atoms with Gasteiger partial charge in [-0.1, -0.05) is 30.3 Å². The molecule has 0 radical (unpaired) electrons. The molecule has 2 rings (SSSR count). The van der Waals surface area contributed by atoms with E-state index < -0.39 is 18.1 Å². The molecule has 1 unspecified atom stereocenters. The molecule has 0 bridgehead atoms. The average molecular weight is 292 g/mol. The van der Waals surface area contributed by atoms with E-state index in [1.807, 2.05) is 18.2 Å². The Morgan fingerprint density at radius 2 is 2.00 bits per heavy atom. The number of rotatable bonds is 3. The van der Waals surface area contributed by atoms with Crippen LogP contribution in [0.2, 0.25) is 0 Å². The lowest BCUT2D eigenvalue weighted by molar-refractivity contribution is -0.149. The first-order chi connectivity index (χ1) is 9.99. The highest BCUT2D eigenvalue weighted by Crippen LogP contribution is 2.13. The summed E-state index contributed by atoms with van der Waals surface area (Å²) in [7, 11) is 1.50. The fraction of sp³-hybridized carbons (Fsp3) is 0.357. The molecule has 1 N–H and O–H groups in total. The van der Waals surface area contributed by atoms with E-state index in [4.69, 9.17) is 9.84 Å². The molecule has 112 valence electrons. The molecule has 7 heteroatoms. The van der Waals surface area contributed by atoms with Gasteiger partial charge in [-0.15, -0.1) is 0 Å². The Balaban J connectivity index is 2.02. The Kier molecular flexibility index (Phi) is 4.42. The van der Waals surface area contributed by atoms with Crippen LogP contribution in [0.1, 0.15) is 5.56 Å². The lowest BCUT2D eigenvalue weighted by atomic mass is 10.2. The lowest BCUT2D eigenvalue weighted by Gasteiger charge is -2.36. The van der Waals surface area contributed by atoms with Gasteiger partial charge >= 0.3 is 12.1 Å². The highest BCUT2D eigenvalue weighted by atomic mass is 16.6. The van der Waals surface area contributed by atoms with Crippen LogP contribution < -0.4 is 0 Å². The number of nitrogens with zero attached hydrogens (tertiary/aromatic N) is 2. The largest absolute Gasteiger partial charge is 0.480 e. The maximum Gasteiger partial charge on any atom is 0.411 e. The van der Waals surface area contributed by atoms with Gasteiger partial charge in [0.2, 0.25) is 5.91 Å². The van der Waals surface area contributed by atoms with Crippen LogP contribution in [0.5, 0.6) is 0 Å². The molecule has 7 nitrogen and oxygen atoms in total. The van der Waals surface area contributed by atoms with Crippen molar-refractivity contribution < 1.29 is 24.2 Å². The fourth-order valence-electron chi connectivity index (χ4n) is 2.04. The third-order valence-electron chi connectivity index (χ3n) is 3.28. The van der Waals surface area contributed by atoms with Crippen LogP contribution >= 0.6 is 0 Å². The summed E-state index contributed by atoms with van der Waals surface area (Å²) in [6.45, 7) is -0.303. The molecule has 21 heavy (non-hydrogen) atoms. The number of hydrogen-bond donors (Lipinski definition) is 1. The number of piperazine rings is 1. The second kappa shape index (κ2) is 6.25. The zero-order valence-corrected chi connectivity index (χ0v) is 11.6. The van der Waals surface area contributed by atoms with Crippen molar-refractivity contribution in [3.05, 3.63) is 35.9 Å². The van der Waals surface area contributed by atoms with E-state index in [0.29, 0.717) is 0 Å². The van der Waals surface area contributed by atoms with Crippen molar-refractivity contribution in [3.63, 3.8) is 0 Å². The number of aliphatic carboxylic acids is 1. The number of likely N-dealkylation sites (N-methyl/N-ethyl adjacent to an activating group) is 1. The average Bonchev–Trinajstić information content (AvgIpc) is 2.48. The Labute approximate surface area is 121 Å². The van der Waals surface area contributed by atoms with Crippen molar-refractivity contribution in [3.8, 4) is 0 Å². The Morgan fingerprint density at radius 3 is 2.62 bits per heavy atom. The van der Waals surface area contributed by atoms with Crippen molar-refractivity contribution >= 4 is 18.0 Å². The monoisotopic (exact) mass is 292 g/mol.